The van der Waals surface area contributed by atoms with Crippen LogP contribution in [0, 0.1) is 12.7 Å². The fraction of sp³-hybridized carbons (Fsp3) is 0.389. The third-order valence-electron chi connectivity index (χ3n) is 4.80. The minimum Gasteiger partial charge on any atom is -0.399 e. The molecule has 26 heavy (non-hydrogen) atoms. The van der Waals surface area contributed by atoms with E-state index in [1.807, 2.05) is 40.7 Å². The lowest BCUT2D eigenvalue weighted by atomic mass is 9.80. The van der Waals surface area contributed by atoms with Gasteiger partial charge in [0.05, 0.1) is 27.6 Å². The average Bonchev–Trinajstić information content (AvgIpc) is 2.76. The minimum absolute atomic E-state index is 0.357. The second-order valence-corrected chi connectivity index (χ2v) is 8.52. The van der Waals surface area contributed by atoms with Gasteiger partial charge in [-0.2, -0.15) is 0 Å². The average molecular weight is 395 g/mol. The van der Waals surface area contributed by atoms with Gasteiger partial charge < -0.3 is 14.0 Å². The molecule has 2 aromatic rings. The maximum absolute atomic E-state index is 13.2. The fourth-order valence-electron chi connectivity index (χ4n) is 2.43. The van der Waals surface area contributed by atoms with Crippen LogP contribution in [0.2, 0.25) is 5.02 Å². The van der Waals surface area contributed by atoms with E-state index in [-0.39, 0.29) is 5.82 Å². The molecule has 1 aromatic carbocycles. The molecule has 2 heterocycles. The Kier molecular flexibility index (Phi) is 5.27. The van der Waals surface area contributed by atoms with Gasteiger partial charge in [0.15, 0.2) is 0 Å². The monoisotopic (exact) mass is 394 g/mol. The first-order valence-corrected chi connectivity index (χ1v) is 9.48. The van der Waals surface area contributed by atoms with E-state index in [0.29, 0.717) is 5.02 Å². The first-order valence-electron chi connectivity index (χ1n) is 8.29. The molecule has 1 aliphatic heterocycles. The van der Waals surface area contributed by atoms with Crippen LogP contribution in [-0.2, 0) is 9.31 Å². The fourth-order valence-corrected chi connectivity index (χ4v) is 3.43. The van der Waals surface area contributed by atoms with Crippen molar-refractivity contribution in [3.05, 3.63) is 47.0 Å². The Morgan fingerprint density at radius 2 is 1.81 bits per heavy atom. The zero-order valence-electron chi connectivity index (χ0n) is 15.4. The summed E-state index contributed by atoms with van der Waals surface area (Å²) in [5.74, 6) is -0.361. The van der Waals surface area contributed by atoms with Gasteiger partial charge in [-0.05, 0) is 70.8 Å². The number of nitrogens with zero attached hydrogens (tertiary/aromatic N) is 1. The largest absolute Gasteiger partial charge is 0.496 e. The minimum atomic E-state index is -0.479. The van der Waals surface area contributed by atoms with Crippen LogP contribution in [-0.4, -0.2) is 23.3 Å². The predicted molar refractivity (Wildman–Crippen MR) is 106 cm³/mol. The summed E-state index contributed by atoms with van der Waals surface area (Å²) in [5, 5.41) is 0.357. The van der Waals surface area contributed by atoms with E-state index in [9.17, 15) is 4.39 Å². The Hall–Kier alpha value is -1.28. The van der Waals surface area contributed by atoms with E-state index < -0.39 is 18.3 Å². The first-order chi connectivity index (χ1) is 12.1. The van der Waals surface area contributed by atoms with Crippen molar-refractivity contribution < 1.29 is 13.7 Å². The molecule has 4 nitrogen and oxygen atoms in total. The second kappa shape index (κ2) is 7.04. The maximum Gasteiger partial charge on any atom is 0.496 e. The number of rotatable bonds is 4. The van der Waals surface area contributed by atoms with Crippen molar-refractivity contribution in [2.75, 3.05) is 4.72 Å². The van der Waals surface area contributed by atoms with Crippen LogP contribution in [0.25, 0.3) is 0 Å². The zero-order valence-corrected chi connectivity index (χ0v) is 17.0. The Morgan fingerprint density at radius 1 is 1.15 bits per heavy atom. The normalized spacial score (nSPS) is 18.2. The number of aryl methyl sites for hydroxylation is 1. The van der Waals surface area contributed by atoms with Crippen LogP contribution in [0.5, 0.6) is 0 Å². The number of hydrogen-bond donors (Lipinski definition) is 1. The van der Waals surface area contributed by atoms with Crippen molar-refractivity contribution in [3.63, 3.8) is 0 Å². The number of aromatic nitrogens is 1. The molecule has 0 bridgehead atoms. The van der Waals surface area contributed by atoms with Crippen LogP contribution < -0.4 is 10.2 Å². The highest BCUT2D eigenvalue weighted by Crippen LogP contribution is 2.37. The van der Waals surface area contributed by atoms with Crippen LogP contribution in [0.4, 0.5) is 10.1 Å². The predicted octanol–water partition coefficient (Wildman–Crippen LogP) is 4.60. The van der Waals surface area contributed by atoms with Gasteiger partial charge in [0.25, 0.3) is 0 Å². The van der Waals surface area contributed by atoms with E-state index in [2.05, 4.69) is 9.71 Å². The number of pyridine rings is 1. The molecule has 1 N–H and O–H groups in total. The van der Waals surface area contributed by atoms with Gasteiger partial charge in [0.2, 0.25) is 0 Å². The first kappa shape index (κ1) is 19.5. The van der Waals surface area contributed by atoms with Gasteiger partial charge in [0, 0.05) is 16.6 Å². The SMILES string of the molecule is Cc1ncc(B2OC(C)(C)C(C)(C)O2)cc1NSc1ccc(F)cc1Cl. The molecule has 1 aromatic heterocycles. The Morgan fingerprint density at radius 3 is 2.42 bits per heavy atom. The van der Waals surface area contributed by atoms with Crippen molar-refractivity contribution in [3.8, 4) is 0 Å². The van der Waals surface area contributed by atoms with Crippen molar-refractivity contribution in [2.45, 2.75) is 50.7 Å². The van der Waals surface area contributed by atoms with Crippen LogP contribution >= 0.6 is 23.5 Å². The molecule has 8 heteroatoms. The molecule has 0 radical (unpaired) electrons. The van der Waals surface area contributed by atoms with E-state index in [0.717, 1.165) is 21.7 Å². The molecule has 1 fully saturated rings. The van der Waals surface area contributed by atoms with Crippen molar-refractivity contribution in [1.82, 2.24) is 4.98 Å². The lowest BCUT2D eigenvalue weighted by Crippen LogP contribution is -2.41. The molecule has 1 saturated heterocycles. The molecule has 0 saturated carbocycles. The van der Waals surface area contributed by atoms with E-state index in [1.54, 1.807) is 12.3 Å². The molecule has 138 valence electrons. The van der Waals surface area contributed by atoms with Gasteiger partial charge in [-0.1, -0.05) is 11.6 Å². The Labute approximate surface area is 163 Å². The number of halogens is 2. The van der Waals surface area contributed by atoms with Crippen LogP contribution in [0.3, 0.4) is 0 Å². The standard InChI is InChI=1S/C18H21BClFN2O2S/c1-11-15(23-26-16-7-6-13(21)9-14(16)20)8-12(10-22-11)19-24-17(2,3)18(4,5)25-19/h6-10,23H,1-5H3. The number of hydrogen-bond acceptors (Lipinski definition) is 5. The smallest absolute Gasteiger partial charge is 0.399 e. The summed E-state index contributed by atoms with van der Waals surface area (Å²) in [6, 6.07) is 6.25. The lowest BCUT2D eigenvalue weighted by molar-refractivity contribution is 0.00578. The molecule has 0 aliphatic carbocycles. The van der Waals surface area contributed by atoms with Gasteiger partial charge in [-0.15, -0.1) is 0 Å². The molecule has 0 spiro atoms. The Balaban J connectivity index is 1.78. The summed E-state index contributed by atoms with van der Waals surface area (Å²) in [6.07, 6.45) is 1.76. The van der Waals surface area contributed by atoms with Gasteiger partial charge in [0.1, 0.15) is 5.82 Å². The van der Waals surface area contributed by atoms with Crippen molar-refractivity contribution in [1.29, 1.82) is 0 Å². The number of anilines is 1. The highest BCUT2D eigenvalue weighted by atomic mass is 35.5. The molecule has 1 aliphatic rings. The molecule has 3 rings (SSSR count). The summed E-state index contributed by atoms with van der Waals surface area (Å²) in [7, 11) is -0.479. The molecule has 0 atom stereocenters. The molecular formula is C18H21BClFN2O2S. The van der Waals surface area contributed by atoms with Crippen molar-refractivity contribution in [2.24, 2.45) is 0 Å². The van der Waals surface area contributed by atoms with Crippen LogP contribution in [0.15, 0.2) is 35.4 Å². The van der Waals surface area contributed by atoms with Gasteiger partial charge >= 0.3 is 7.12 Å². The number of benzene rings is 1. The van der Waals surface area contributed by atoms with Gasteiger partial charge in [-0.3, -0.25) is 4.98 Å². The Bertz CT molecular complexity index is 819. The second-order valence-electron chi connectivity index (χ2n) is 7.27. The molecule has 0 amide bonds. The number of nitrogens with one attached hydrogen (secondary N) is 1. The summed E-state index contributed by atoms with van der Waals surface area (Å²) in [4.78, 5) is 5.17. The highest BCUT2D eigenvalue weighted by Gasteiger charge is 2.51. The maximum atomic E-state index is 13.2. The zero-order chi connectivity index (χ0) is 19.1. The van der Waals surface area contributed by atoms with E-state index >= 15 is 0 Å². The van der Waals surface area contributed by atoms with Crippen LogP contribution in [0.1, 0.15) is 33.4 Å². The highest BCUT2D eigenvalue weighted by molar-refractivity contribution is 8.00. The molecular weight excluding hydrogens is 374 g/mol. The third-order valence-corrected chi connectivity index (χ3v) is 6.12. The summed E-state index contributed by atoms with van der Waals surface area (Å²) in [6.45, 7) is 9.96. The summed E-state index contributed by atoms with van der Waals surface area (Å²) in [5.41, 5.74) is 1.67. The topological polar surface area (TPSA) is 43.4 Å². The van der Waals surface area contributed by atoms with Gasteiger partial charge in [-0.25, -0.2) is 4.39 Å². The third kappa shape index (κ3) is 3.86. The summed E-state index contributed by atoms with van der Waals surface area (Å²) < 4.78 is 28.6. The van der Waals surface area contributed by atoms with E-state index in [4.69, 9.17) is 20.9 Å². The quantitative estimate of drug-likeness (QED) is 0.606. The van der Waals surface area contributed by atoms with Crippen molar-refractivity contribution >= 4 is 41.8 Å². The summed E-state index contributed by atoms with van der Waals surface area (Å²) >= 11 is 7.38. The lowest BCUT2D eigenvalue weighted by Gasteiger charge is -2.32. The van der Waals surface area contributed by atoms with E-state index in [1.165, 1.54) is 24.1 Å². The molecule has 0 unspecified atom stereocenters.